The third kappa shape index (κ3) is 6.01. The molecule has 0 aliphatic heterocycles. The maximum Gasteiger partial charge on any atom is 0.251 e. The second-order valence-corrected chi connectivity index (χ2v) is 6.30. The van der Waals surface area contributed by atoms with Crippen LogP contribution in [0.3, 0.4) is 0 Å². The van der Waals surface area contributed by atoms with E-state index in [-0.39, 0.29) is 30.7 Å². The minimum absolute atomic E-state index is 0. The number of amides is 1. The molecule has 1 heterocycles. The molecule has 0 aliphatic rings. The van der Waals surface area contributed by atoms with Gasteiger partial charge in [-0.2, -0.15) is 0 Å². The van der Waals surface area contributed by atoms with Crippen LogP contribution in [-0.2, 0) is 6.42 Å². The van der Waals surface area contributed by atoms with Gasteiger partial charge in [-0.15, -0.1) is 36.2 Å². The second kappa shape index (κ2) is 9.75. The Balaban J connectivity index is 0.00000242. The number of halogens is 2. The normalized spacial score (nSPS) is 9.91. The first kappa shape index (κ1) is 21.7. The molecule has 1 aromatic carbocycles. The highest BCUT2D eigenvalue weighted by molar-refractivity contribution is 7.09. The van der Waals surface area contributed by atoms with E-state index in [0.29, 0.717) is 23.7 Å². The van der Waals surface area contributed by atoms with Crippen LogP contribution in [0.1, 0.15) is 46.4 Å². The Labute approximate surface area is 153 Å². The molecule has 7 heteroatoms. The van der Waals surface area contributed by atoms with Crippen LogP contribution < -0.4 is 11.1 Å². The van der Waals surface area contributed by atoms with E-state index in [2.05, 4.69) is 29.5 Å². The summed E-state index contributed by atoms with van der Waals surface area (Å²) in [6.07, 6.45) is 0.746. The standard InChI is InChI=1S/C16H21N3OS.2ClH/c1-10(2)16-19-13(9-21-16)6-7-18-15(20)14-8-12(17)5-4-11(14)3;;/h4-5,8-10H,6-7,17H2,1-3H3,(H,18,20);2*1H. The van der Waals surface area contributed by atoms with Gasteiger partial charge in [-0.25, -0.2) is 4.98 Å². The van der Waals surface area contributed by atoms with Crippen LogP contribution in [0.4, 0.5) is 5.69 Å². The number of carbonyl (C=O) groups is 1. The van der Waals surface area contributed by atoms with Gasteiger partial charge in [0.25, 0.3) is 5.91 Å². The van der Waals surface area contributed by atoms with Crippen molar-refractivity contribution < 1.29 is 4.79 Å². The van der Waals surface area contributed by atoms with Gasteiger partial charge in [0.1, 0.15) is 0 Å². The Kier molecular flexibility index (Phi) is 9.20. The lowest BCUT2D eigenvalue weighted by Crippen LogP contribution is -2.26. The number of nitrogen functional groups attached to an aromatic ring is 1. The highest BCUT2D eigenvalue weighted by atomic mass is 35.5. The van der Waals surface area contributed by atoms with Crippen molar-refractivity contribution in [2.24, 2.45) is 0 Å². The van der Waals surface area contributed by atoms with Crippen LogP contribution in [-0.4, -0.2) is 17.4 Å². The number of nitrogens with zero attached hydrogens (tertiary/aromatic N) is 1. The molecule has 2 rings (SSSR count). The molecule has 2 aromatic rings. The number of anilines is 1. The SMILES string of the molecule is Cc1ccc(N)cc1C(=O)NCCc1csc(C(C)C)n1.Cl.Cl. The summed E-state index contributed by atoms with van der Waals surface area (Å²) >= 11 is 1.68. The number of hydrogen-bond acceptors (Lipinski definition) is 4. The first-order valence-corrected chi connectivity index (χ1v) is 7.94. The highest BCUT2D eigenvalue weighted by Crippen LogP contribution is 2.19. The van der Waals surface area contributed by atoms with Crippen molar-refractivity contribution in [2.75, 3.05) is 12.3 Å². The summed E-state index contributed by atoms with van der Waals surface area (Å²) in [4.78, 5) is 16.7. The molecule has 0 atom stereocenters. The number of carbonyl (C=O) groups excluding carboxylic acids is 1. The molecule has 4 nitrogen and oxygen atoms in total. The zero-order valence-electron chi connectivity index (χ0n) is 13.5. The van der Waals surface area contributed by atoms with Crippen molar-refractivity contribution in [1.82, 2.24) is 10.3 Å². The molecular formula is C16H23Cl2N3OS. The van der Waals surface area contributed by atoms with Gasteiger partial charge in [0.2, 0.25) is 0 Å². The summed E-state index contributed by atoms with van der Waals surface area (Å²) in [5.74, 6) is 0.368. The fourth-order valence-electron chi connectivity index (χ4n) is 1.99. The molecule has 3 N–H and O–H groups in total. The molecule has 23 heavy (non-hydrogen) atoms. The van der Waals surface area contributed by atoms with Crippen molar-refractivity contribution in [1.29, 1.82) is 0 Å². The van der Waals surface area contributed by atoms with Gasteiger partial charge in [0.05, 0.1) is 10.7 Å². The van der Waals surface area contributed by atoms with Gasteiger partial charge >= 0.3 is 0 Å². The molecule has 0 saturated carbocycles. The van der Waals surface area contributed by atoms with Gasteiger partial charge in [0.15, 0.2) is 0 Å². The van der Waals surface area contributed by atoms with E-state index in [1.165, 1.54) is 0 Å². The fraction of sp³-hybridized carbons (Fsp3) is 0.375. The maximum atomic E-state index is 12.1. The van der Waals surface area contributed by atoms with E-state index < -0.39 is 0 Å². The Hall–Kier alpha value is -1.30. The van der Waals surface area contributed by atoms with Crippen molar-refractivity contribution >= 4 is 47.7 Å². The monoisotopic (exact) mass is 375 g/mol. The summed E-state index contributed by atoms with van der Waals surface area (Å²) in [6, 6.07) is 5.37. The van der Waals surface area contributed by atoms with Crippen molar-refractivity contribution in [3.8, 4) is 0 Å². The number of benzene rings is 1. The van der Waals surface area contributed by atoms with Crippen molar-refractivity contribution in [2.45, 2.75) is 33.1 Å². The van der Waals surface area contributed by atoms with Crippen molar-refractivity contribution in [3.05, 3.63) is 45.4 Å². The molecule has 0 aliphatic carbocycles. The van der Waals surface area contributed by atoms with Crippen LogP contribution >= 0.6 is 36.2 Å². The Bertz CT molecular complexity index is 644. The van der Waals surface area contributed by atoms with Gasteiger partial charge in [-0.3, -0.25) is 4.79 Å². The highest BCUT2D eigenvalue weighted by Gasteiger charge is 2.10. The smallest absolute Gasteiger partial charge is 0.251 e. The first-order chi connectivity index (χ1) is 9.97. The average molecular weight is 376 g/mol. The lowest BCUT2D eigenvalue weighted by atomic mass is 10.1. The zero-order chi connectivity index (χ0) is 15.4. The Morgan fingerprint density at radius 3 is 2.65 bits per heavy atom. The molecule has 128 valence electrons. The van der Waals surface area contributed by atoms with Gasteiger partial charge < -0.3 is 11.1 Å². The quantitative estimate of drug-likeness (QED) is 0.776. The van der Waals surface area contributed by atoms with Gasteiger partial charge in [-0.1, -0.05) is 19.9 Å². The molecule has 0 saturated heterocycles. The van der Waals surface area contributed by atoms with Crippen LogP contribution in [0.15, 0.2) is 23.6 Å². The average Bonchev–Trinajstić information content (AvgIpc) is 2.90. The third-order valence-electron chi connectivity index (χ3n) is 3.24. The molecule has 1 aromatic heterocycles. The maximum absolute atomic E-state index is 12.1. The van der Waals surface area contributed by atoms with E-state index >= 15 is 0 Å². The molecule has 0 bridgehead atoms. The van der Waals surface area contributed by atoms with Gasteiger partial charge in [-0.05, 0) is 24.6 Å². The molecule has 1 amide bonds. The number of hydrogen-bond donors (Lipinski definition) is 2. The Morgan fingerprint density at radius 1 is 1.35 bits per heavy atom. The Morgan fingerprint density at radius 2 is 2.04 bits per heavy atom. The largest absolute Gasteiger partial charge is 0.399 e. The van der Waals surface area contributed by atoms with E-state index in [9.17, 15) is 4.79 Å². The van der Waals surface area contributed by atoms with E-state index in [4.69, 9.17) is 5.73 Å². The summed E-state index contributed by atoms with van der Waals surface area (Å²) in [5, 5.41) is 6.13. The first-order valence-electron chi connectivity index (χ1n) is 7.06. The predicted octanol–water partition coefficient (Wildman–Crippen LogP) is 3.97. The number of aromatic nitrogens is 1. The molecular weight excluding hydrogens is 353 g/mol. The summed E-state index contributed by atoms with van der Waals surface area (Å²) < 4.78 is 0. The minimum Gasteiger partial charge on any atom is -0.399 e. The van der Waals surface area contributed by atoms with Crippen LogP contribution in [0.5, 0.6) is 0 Å². The number of nitrogens with one attached hydrogen (secondary N) is 1. The summed E-state index contributed by atoms with van der Waals surface area (Å²) in [7, 11) is 0. The summed E-state index contributed by atoms with van der Waals surface area (Å²) in [6.45, 7) is 6.75. The number of thiazole rings is 1. The molecule has 0 fully saturated rings. The lowest BCUT2D eigenvalue weighted by molar-refractivity contribution is 0.0953. The number of aryl methyl sites for hydroxylation is 1. The lowest BCUT2D eigenvalue weighted by Gasteiger charge is -2.08. The second-order valence-electron chi connectivity index (χ2n) is 5.41. The minimum atomic E-state index is -0.0842. The zero-order valence-corrected chi connectivity index (χ0v) is 15.9. The van der Waals surface area contributed by atoms with Crippen LogP contribution in [0.25, 0.3) is 0 Å². The number of nitrogens with two attached hydrogens (primary N) is 1. The fourth-order valence-corrected chi connectivity index (χ4v) is 2.86. The topological polar surface area (TPSA) is 68.0 Å². The van der Waals surface area contributed by atoms with E-state index in [0.717, 1.165) is 22.7 Å². The van der Waals surface area contributed by atoms with Crippen molar-refractivity contribution in [3.63, 3.8) is 0 Å². The van der Waals surface area contributed by atoms with E-state index in [1.807, 2.05) is 13.0 Å². The summed E-state index contributed by atoms with van der Waals surface area (Å²) in [5.41, 5.74) is 8.93. The van der Waals surface area contributed by atoms with E-state index in [1.54, 1.807) is 23.5 Å². The third-order valence-corrected chi connectivity index (χ3v) is 4.43. The number of rotatable bonds is 5. The molecule has 0 radical (unpaired) electrons. The van der Waals surface area contributed by atoms with Crippen LogP contribution in [0.2, 0.25) is 0 Å². The predicted molar refractivity (Wildman–Crippen MR) is 102 cm³/mol. The molecule has 0 unspecified atom stereocenters. The van der Waals surface area contributed by atoms with Gasteiger partial charge in [0, 0.05) is 35.5 Å². The van der Waals surface area contributed by atoms with Crippen LogP contribution in [0, 0.1) is 6.92 Å². The molecule has 0 spiro atoms.